The second kappa shape index (κ2) is 8.32. The van der Waals surface area contributed by atoms with Gasteiger partial charge in [-0.3, -0.25) is 4.79 Å². The van der Waals surface area contributed by atoms with Gasteiger partial charge in [0.05, 0.1) is 9.89 Å². The Labute approximate surface area is 137 Å². The molecule has 2 rings (SSSR count). The Balaban J connectivity index is 1.65. The van der Waals surface area contributed by atoms with E-state index in [1.165, 1.54) is 4.88 Å². The molecule has 3 nitrogen and oxygen atoms in total. The summed E-state index contributed by atoms with van der Waals surface area (Å²) < 4.78 is 1.12. The van der Waals surface area contributed by atoms with Crippen LogP contribution in [0.1, 0.15) is 29.4 Å². The van der Waals surface area contributed by atoms with E-state index in [9.17, 15) is 9.90 Å². The molecule has 0 aliphatic heterocycles. The van der Waals surface area contributed by atoms with Gasteiger partial charge in [0.25, 0.3) is 0 Å². The van der Waals surface area contributed by atoms with Crippen molar-refractivity contribution in [3.05, 3.63) is 56.7 Å². The van der Waals surface area contributed by atoms with Crippen molar-refractivity contribution in [2.45, 2.75) is 25.4 Å². The molecule has 2 N–H and O–H groups in total. The first-order chi connectivity index (χ1) is 10.1. The minimum Gasteiger partial charge on any atom is -0.387 e. The third-order valence-corrected chi connectivity index (χ3v) is 4.82. The van der Waals surface area contributed by atoms with E-state index < -0.39 is 6.10 Å². The van der Waals surface area contributed by atoms with Gasteiger partial charge >= 0.3 is 0 Å². The van der Waals surface area contributed by atoms with Crippen LogP contribution < -0.4 is 5.32 Å². The lowest BCUT2D eigenvalue weighted by molar-refractivity contribution is -0.121. The number of hydrogen-bond donors (Lipinski definition) is 2. The molecule has 0 spiro atoms. The standard InChI is InChI=1S/C16H18BrNO2S/c17-15-10-9-13(21-15)7-4-8-16(20)18-11-14(19)12-5-2-1-3-6-12/h1-3,5-6,9-10,14,19H,4,7-8,11H2,(H,18,20). The van der Waals surface area contributed by atoms with Gasteiger partial charge in [-0.15, -0.1) is 11.3 Å². The zero-order chi connectivity index (χ0) is 15.1. The van der Waals surface area contributed by atoms with Gasteiger partial charge in [-0.25, -0.2) is 0 Å². The molecule has 0 radical (unpaired) electrons. The van der Waals surface area contributed by atoms with Crippen molar-refractivity contribution in [2.75, 3.05) is 6.54 Å². The van der Waals surface area contributed by atoms with Crippen molar-refractivity contribution < 1.29 is 9.90 Å². The van der Waals surface area contributed by atoms with Gasteiger partial charge in [-0.2, -0.15) is 0 Å². The molecule has 1 aromatic heterocycles. The molecule has 1 unspecified atom stereocenters. The van der Waals surface area contributed by atoms with E-state index in [2.05, 4.69) is 27.3 Å². The highest BCUT2D eigenvalue weighted by atomic mass is 79.9. The summed E-state index contributed by atoms with van der Waals surface area (Å²) in [5.74, 6) is -0.0133. The number of aliphatic hydroxyl groups is 1. The number of aliphatic hydroxyl groups excluding tert-OH is 1. The van der Waals surface area contributed by atoms with Crippen LogP contribution in [0.15, 0.2) is 46.3 Å². The van der Waals surface area contributed by atoms with Gasteiger partial charge in [-0.1, -0.05) is 30.3 Å². The highest BCUT2D eigenvalue weighted by Crippen LogP contribution is 2.23. The molecule has 0 saturated carbocycles. The number of amides is 1. The highest BCUT2D eigenvalue weighted by molar-refractivity contribution is 9.11. The smallest absolute Gasteiger partial charge is 0.220 e. The summed E-state index contributed by atoms with van der Waals surface area (Å²) in [6, 6.07) is 13.5. The van der Waals surface area contributed by atoms with Gasteiger partial charge in [0.15, 0.2) is 0 Å². The summed E-state index contributed by atoms with van der Waals surface area (Å²) in [5, 5.41) is 12.7. The van der Waals surface area contributed by atoms with Crippen LogP contribution in [0.3, 0.4) is 0 Å². The molecule has 1 aromatic carbocycles. The molecule has 0 saturated heterocycles. The van der Waals surface area contributed by atoms with E-state index in [4.69, 9.17) is 0 Å². The van der Waals surface area contributed by atoms with E-state index in [1.54, 1.807) is 11.3 Å². The normalized spacial score (nSPS) is 12.1. The second-order valence-corrected chi connectivity index (χ2v) is 7.34. The molecule has 0 fully saturated rings. The molecule has 1 atom stereocenters. The summed E-state index contributed by atoms with van der Waals surface area (Å²) >= 11 is 5.13. The van der Waals surface area contributed by atoms with E-state index in [0.29, 0.717) is 6.42 Å². The number of nitrogens with one attached hydrogen (secondary N) is 1. The van der Waals surface area contributed by atoms with Crippen molar-refractivity contribution in [2.24, 2.45) is 0 Å². The Kier molecular flexibility index (Phi) is 6.42. The topological polar surface area (TPSA) is 49.3 Å². The Hall–Kier alpha value is -1.17. The minimum atomic E-state index is -0.650. The first-order valence-electron chi connectivity index (χ1n) is 6.89. The predicted octanol–water partition coefficient (Wildman–Crippen LogP) is 3.68. The van der Waals surface area contributed by atoms with Crippen molar-refractivity contribution >= 4 is 33.2 Å². The van der Waals surface area contributed by atoms with Crippen molar-refractivity contribution in [3.8, 4) is 0 Å². The lowest BCUT2D eigenvalue weighted by atomic mass is 10.1. The molecular weight excluding hydrogens is 350 g/mol. The van der Waals surface area contributed by atoms with Gasteiger partial charge in [0.2, 0.25) is 5.91 Å². The number of thiophene rings is 1. The van der Waals surface area contributed by atoms with Crippen LogP contribution in [0.4, 0.5) is 0 Å². The maximum absolute atomic E-state index is 11.7. The maximum atomic E-state index is 11.7. The van der Waals surface area contributed by atoms with Crippen LogP contribution in [0.2, 0.25) is 0 Å². The average Bonchev–Trinajstić information content (AvgIpc) is 2.91. The zero-order valence-electron chi connectivity index (χ0n) is 11.6. The minimum absolute atomic E-state index is 0.0133. The summed E-state index contributed by atoms with van der Waals surface area (Å²) in [6.07, 6.45) is 1.56. The zero-order valence-corrected chi connectivity index (χ0v) is 14.0. The maximum Gasteiger partial charge on any atom is 0.220 e. The third-order valence-electron chi connectivity index (χ3n) is 3.13. The highest BCUT2D eigenvalue weighted by Gasteiger charge is 2.09. The van der Waals surface area contributed by atoms with Crippen LogP contribution in [0, 0.1) is 0 Å². The number of benzene rings is 1. The van der Waals surface area contributed by atoms with Gasteiger partial charge < -0.3 is 10.4 Å². The fraction of sp³-hybridized carbons (Fsp3) is 0.312. The van der Waals surface area contributed by atoms with E-state index in [0.717, 1.165) is 22.2 Å². The lowest BCUT2D eigenvalue weighted by Gasteiger charge is -2.12. The van der Waals surface area contributed by atoms with Gasteiger partial charge in [0, 0.05) is 17.8 Å². The molecule has 1 amide bonds. The molecule has 21 heavy (non-hydrogen) atoms. The van der Waals surface area contributed by atoms with Crippen LogP contribution in [-0.2, 0) is 11.2 Å². The lowest BCUT2D eigenvalue weighted by Crippen LogP contribution is -2.28. The van der Waals surface area contributed by atoms with Crippen molar-refractivity contribution in [1.82, 2.24) is 5.32 Å². The van der Waals surface area contributed by atoms with E-state index in [1.807, 2.05) is 36.4 Å². The monoisotopic (exact) mass is 367 g/mol. The number of aryl methyl sites for hydroxylation is 1. The van der Waals surface area contributed by atoms with Gasteiger partial charge in [-0.05, 0) is 46.5 Å². The van der Waals surface area contributed by atoms with Crippen LogP contribution >= 0.6 is 27.3 Å². The van der Waals surface area contributed by atoms with E-state index in [-0.39, 0.29) is 12.5 Å². The third kappa shape index (κ3) is 5.61. The fourth-order valence-electron chi connectivity index (χ4n) is 2.00. The molecule has 1 heterocycles. The summed E-state index contributed by atoms with van der Waals surface area (Å²) in [7, 11) is 0. The second-order valence-electron chi connectivity index (χ2n) is 4.79. The average molecular weight is 368 g/mol. The molecule has 5 heteroatoms. The van der Waals surface area contributed by atoms with Gasteiger partial charge in [0.1, 0.15) is 0 Å². The largest absolute Gasteiger partial charge is 0.387 e. The number of rotatable bonds is 7. The Bertz CT molecular complexity index is 571. The summed E-state index contributed by atoms with van der Waals surface area (Å²) in [4.78, 5) is 13.0. The summed E-state index contributed by atoms with van der Waals surface area (Å²) in [6.45, 7) is 0.257. The Morgan fingerprint density at radius 3 is 2.67 bits per heavy atom. The molecule has 0 aliphatic carbocycles. The molecule has 2 aromatic rings. The number of hydrogen-bond acceptors (Lipinski definition) is 3. The Morgan fingerprint density at radius 1 is 1.24 bits per heavy atom. The van der Waals surface area contributed by atoms with Crippen molar-refractivity contribution in [3.63, 3.8) is 0 Å². The Morgan fingerprint density at radius 2 is 2.00 bits per heavy atom. The molecule has 112 valence electrons. The molecular formula is C16H18BrNO2S. The van der Waals surface area contributed by atoms with Crippen LogP contribution in [0.5, 0.6) is 0 Å². The fourth-order valence-corrected chi connectivity index (χ4v) is 3.53. The molecule has 0 bridgehead atoms. The SMILES string of the molecule is O=C(CCCc1ccc(Br)s1)NCC(O)c1ccccc1. The summed E-state index contributed by atoms with van der Waals surface area (Å²) in [5.41, 5.74) is 0.821. The van der Waals surface area contributed by atoms with Crippen LogP contribution in [-0.4, -0.2) is 17.6 Å². The predicted molar refractivity (Wildman–Crippen MR) is 89.4 cm³/mol. The number of carbonyl (C=O) groups excluding carboxylic acids is 1. The van der Waals surface area contributed by atoms with E-state index >= 15 is 0 Å². The number of carbonyl (C=O) groups is 1. The van der Waals surface area contributed by atoms with Crippen molar-refractivity contribution in [1.29, 1.82) is 0 Å². The first-order valence-corrected chi connectivity index (χ1v) is 8.50. The molecule has 0 aliphatic rings. The number of halogens is 1. The van der Waals surface area contributed by atoms with Crippen LogP contribution in [0.25, 0.3) is 0 Å². The first kappa shape index (κ1) is 16.2. The quantitative estimate of drug-likeness (QED) is 0.783.